The Bertz CT molecular complexity index is 973. The predicted octanol–water partition coefficient (Wildman–Crippen LogP) is 5.51. The maximum absolute atomic E-state index is 12.3. The van der Waals surface area contributed by atoms with Crippen molar-refractivity contribution in [2.45, 2.75) is 44.9 Å². The van der Waals surface area contributed by atoms with Crippen molar-refractivity contribution < 1.29 is 4.79 Å². The van der Waals surface area contributed by atoms with Crippen LogP contribution in [-0.4, -0.2) is 42.1 Å². The van der Waals surface area contributed by atoms with Crippen molar-refractivity contribution in [2.24, 2.45) is 0 Å². The van der Waals surface area contributed by atoms with Gasteiger partial charge in [0, 0.05) is 29.3 Å². The fourth-order valence-electron chi connectivity index (χ4n) is 4.66. The molecule has 3 N–H and O–H groups in total. The number of carbonyl (C=O) groups is 1. The molecule has 0 spiro atoms. The molecular formula is C26H34N4O. The molecular weight excluding hydrogens is 384 g/mol. The van der Waals surface area contributed by atoms with Gasteiger partial charge in [0.05, 0.1) is 0 Å². The minimum Gasteiger partial charge on any atom is -0.361 e. The largest absolute Gasteiger partial charge is 0.361 e. The van der Waals surface area contributed by atoms with E-state index in [0.717, 1.165) is 24.0 Å². The molecule has 164 valence electrons. The van der Waals surface area contributed by atoms with Crippen LogP contribution in [0.1, 0.15) is 49.7 Å². The SMILES string of the molecule is CCCN1CCC(c2c[nH]c3ccc(NC(=O)NCCCc4ccccc4)cc23)CC1. The van der Waals surface area contributed by atoms with Crippen molar-refractivity contribution in [3.05, 3.63) is 65.9 Å². The summed E-state index contributed by atoms with van der Waals surface area (Å²) in [6.45, 7) is 6.46. The van der Waals surface area contributed by atoms with E-state index in [2.05, 4.69) is 70.0 Å². The number of amides is 2. The van der Waals surface area contributed by atoms with Crippen LogP contribution in [0.5, 0.6) is 0 Å². The molecule has 4 rings (SSSR count). The van der Waals surface area contributed by atoms with Crippen LogP contribution >= 0.6 is 0 Å². The fourth-order valence-corrected chi connectivity index (χ4v) is 4.66. The maximum Gasteiger partial charge on any atom is 0.319 e. The lowest BCUT2D eigenvalue weighted by Crippen LogP contribution is -2.33. The maximum atomic E-state index is 12.3. The number of hydrogen-bond donors (Lipinski definition) is 3. The monoisotopic (exact) mass is 418 g/mol. The van der Waals surface area contributed by atoms with Gasteiger partial charge in [-0.15, -0.1) is 0 Å². The van der Waals surface area contributed by atoms with Gasteiger partial charge in [-0.3, -0.25) is 0 Å². The first kappa shape index (κ1) is 21.4. The van der Waals surface area contributed by atoms with Gasteiger partial charge >= 0.3 is 6.03 Å². The van der Waals surface area contributed by atoms with Crippen LogP contribution in [-0.2, 0) is 6.42 Å². The molecule has 2 aromatic carbocycles. The standard InChI is InChI=1S/C26H34N4O/c1-2-15-30-16-12-21(13-17-30)24-19-28-25-11-10-22(18-23(24)25)29-26(31)27-14-6-9-20-7-4-3-5-8-20/h3-5,7-8,10-11,18-19,21,28H,2,6,9,12-17H2,1H3,(H2,27,29,31). The molecule has 1 aromatic heterocycles. The van der Waals surface area contributed by atoms with Gasteiger partial charge in [-0.1, -0.05) is 37.3 Å². The molecule has 0 aliphatic carbocycles. The van der Waals surface area contributed by atoms with E-state index in [1.54, 1.807) is 0 Å². The highest BCUT2D eigenvalue weighted by molar-refractivity contribution is 5.94. The number of urea groups is 1. The number of carbonyl (C=O) groups excluding carboxylic acids is 1. The Morgan fingerprint density at radius 3 is 2.71 bits per heavy atom. The average Bonchev–Trinajstić information content (AvgIpc) is 3.21. The van der Waals surface area contributed by atoms with Crippen LogP contribution in [0.4, 0.5) is 10.5 Å². The smallest absolute Gasteiger partial charge is 0.319 e. The highest BCUT2D eigenvalue weighted by Crippen LogP contribution is 2.34. The lowest BCUT2D eigenvalue weighted by Gasteiger charge is -2.31. The highest BCUT2D eigenvalue weighted by atomic mass is 16.2. The summed E-state index contributed by atoms with van der Waals surface area (Å²) in [5.41, 5.74) is 4.67. The third-order valence-corrected chi connectivity index (χ3v) is 6.31. The molecule has 3 aromatic rings. The summed E-state index contributed by atoms with van der Waals surface area (Å²) in [5, 5.41) is 7.21. The van der Waals surface area contributed by atoms with Gasteiger partial charge in [-0.2, -0.15) is 0 Å². The highest BCUT2D eigenvalue weighted by Gasteiger charge is 2.22. The van der Waals surface area contributed by atoms with Crippen molar-refractivity contribution in [2.75, 3.05) is 31.5 Å². The van der Waals surface area contributed by atoms with Gasteiger partial charge in [0.1, 0.15) is 0 Å². The van der Waals surface area contributed by atoms with Crippen LogP contribution < -0.4 is 10.6 Å². The van der Waals surface area contributed by atoms with Crippen molar-refractivity contribution in [1.29, 1.82) is 0 Å². The zero-order valence-electron chi connectivity index (χ0n) is 18.5. The number of hydrogen-bond acceptors (Lipinski definition) is 2. The zero-order valence-corrected chi connectivity index (χ0v) is 18.5. The van der Waals surface area contributed by atoms with Crippen molar-refractivity contribution in [1.82, 2.24) is 15.2 Å². The number of aryl methyl sites for hydroxylation is 1. The summed E-state index contributed by atoms with van der Waals surface area (Å²) in [7, 11) is 0. The topological polar surface area (TPSA) is 60.2 Å². The molecule has 31 heavy (non-hydrogen) atoms. The predicted molar refractivity (Wildman–Crippen MR) is 129 cm³/mol. The molecule has 1 aliphatic heterocycles. The lowest BCUT2D eigenvalue weighted by molar-refractivity contribution is 0.213. The summed E-state index contributed by atoms with van der Waals surface area (Å²) in [5.74, 6) is 0.587. The number of rotatable bonds is 8. The van der Waals surface area contributed by atoms with E-state index in [0.29, 0.717) is 12.5 Å². The molecule has 5 heteroatoms. The van der Waals surface area contributed by atoms with Gasteiger partial charge < -0.3 is 20.5 Å². The second-order valence-corrected chi connectivity index (χ2v) is 8.59. The van der Waals surface area contributed by atoms with E-state index < -0.39 is 0 Å². The van der Waals surface area contributed by atoms with E-state index in [1.807, 2.05) is 12.1 Å². The number of fused-ring (bicyclic) bond motifs is 1. The molecule has 2 heterocycles. The van der Waals surface area contributed by atoms with Gasteiger partial charge in [-0.25, -0.2) is 4.79 Å². The van der Waals surface area contributed by atoms with Crippen LogP contribution in [0.25, 0.3) is 10.9 Å². The normalized spacial score (nSPS) is 15.3. The number of nitrogens with zero attached hydrogens (tertiary/aromatic N) is 1. The minimum atomic E-state index is -0.141. The summed E-state index contributed by atoms with van der Waals surface area (Å²) in [6, 6.07) is 16.4. The lowest BCUT2D eigenvalue weighted by atomic mass is 9.89. The Kier molecular flexibility index (Phi) is 7.26. The molecule has 0 radical (unpaired) electrons. The summed E-state index contributed by atoms with van der Waals surface area (Å²) in [6.07, 6.45) is 7.68. The summed E-state index contributed by atoms with van der Waals surface area (Å²) in [4.78, 5) is 18.3. The van der Waals surface area contributed by atoms with Crippen LogP contribution in [0.15, 0.2) is 54.7 Å². The number of anilines is 1. The molecule has 5 nitrogen and oxygen atoms in total. The molecule has 1 fully saturated rings. The Labute approximate surface area is 185 Å². The number of aromatic amines is 1. The number of piperidine rings is 1. The Morgan fingerprint density at radius 2 is 1.94 bits per heavy atom. The molecule has 0 bridgehead atoms. The second-order valence-electron chi connectivity index (χ2n) is 8.59. The van der Waals surface area contributed by atoms with Crippen LogP contribution in [0.3, 0.4) is 0 Å². The number of benzene rings is 2. The van der Waals surface area contributed by atoms with Gasteiger partial charge in [0.25, 0.3) is 0 Å². The molecule has 0 atom stereocenters. The van der Waals surface area contributed by atoms with Gasteiger partial charge in [-0.05, 0) is 87.0 Å². The second kappa shape index (κ2) is 10.5. The molecule has 1 saturated heterocycles. The molecule has 0 saturated carbocycles. The Hall–Kier alpha value is -2.79. The van der Waals surface area contributed by atoms with Crippen LogP contribution in [0, 0.1) is 0 Å². The zero-order chi connectivity index (χ0) is 21.5. The third-order valence-electron chi connectivity index (χ3n) is 6.31. The number of H-pyrrole nitrogens is 1. The Morgan fingerprint density at radius 1 is 1.13 bits per heavy atom. The van der Waals surface area contributed by atoms with E-state index >= 15 is 0 Å². The number of nitrogens with one attached hydrogen (secondary N) is 3. The quantitative estimate of drug-likeness (QED) is 0.422. The van der Waals surface area contributed by atoms with Gasteiger partial charge in [0.2, 0.25) is 0 Å². The van der Waals surface area contributed by atoms with E-state index in [9.17, 15) is 4.79 Å². The van der Waals surface area contributed by atoms with Crippen LogP contribution in [0.2, 0.25) is 0 Å². The molecule has 0 unspecified atom stereocenters. The fraction of sp³-hybridized carbons (Fsp3) is 0.423. The number of aromatic nitrogens is 1. The van der Waals surface area contributed by atoms with Crippen molar-refractivity contribution in [3.63, 3.8) is 0 Å². The first-order valence-electron chi connectivity index (χ1n) is 11.6. The number of likely N-dealkylation sites (tertiary alicyclic amines) is 1. The molecule has 1 aliphatic rings. The first-order chi connectivity index (χ1) is 15.2. The summed E-state index contributed by atoms with van der Waals surface area (Å²) >= 11 is 0. The van der Waals surface area contributed by atoms with E-state index in [4.69, 9.17) is 0 Å². The van der Waals surface area contributed by atoms with Crippen molar-refractivity contribution in [3.8, 4) is 0 Å². The van der Waals surface area contributed by atoms with E-state index in [1.165, 1.54) is 55.4 Å². The van der Waals surface area contributed by atoms with Gasteiger partial charge in [0.15, 0.2) is 0 Å². The minimum absolute atomic E-state index is 0.141. The average molecular weight is 419 g/mol. The molecule has 2 amide bonds. The van der Waals surface area contributed by atoms with Crippen molar-refractivity contribution >= 4 is 22.6 Å². The summed E-state index contributed by atoms with van der Waals surface area (Å²) < 4.78 is 0. The first-order valence-corrected chi connectivity index (χ1v) is 11.6. The van der Waals surface area contributed by atoms with E-state index in [-0.39, 0.29) is 6.03 Å². The Balaban J connectivity index is 1.31. The third kappa shape index (κ3) is 5.67.